The highest BCUT2D eigenvalue weighted by atomic mass is 16.5. The number of nitrogens with zero attached hydrogens (tertiary/aromatic N) is 3. The SMILES string of the molecule is COc1cc(OC)c(OC)cc1C=C(C)C(=O)Nc1cnn(Cc2cccc(C#N)c2)c1. The van der Waals surface area contributed by atoms with Crippen LogP contribution in [0.5, 0.6) is 17.2 Å². The van der Waals surface area contributed by atoms with E-state index in [1.54, 1.807) is 69.6 Å². The van der Waals surface area contributed by atoms with Crippen molar-refractivity contribution in [2.75, 3.05) is 26.6 Å². The monoisotopic (exact) mass is 432 g/mol. The predicted molar refractivity (Wildman–Crippen MR) is 121 cm³/mol. The number of nitrogens with one attached hydrogen (secondary N) is 1. The Bertz CT molecular complexity index is 1190. The number of hydrogen-bond donors (Lipinski definition) is 1. The predicted octanol–water partition coefficient (Wildman–Crippen LogP) is 3.87. The fourth-order valence-electron chi connectivity index (χ4n) is 3.13. The molecule has 1 N–H and O–H groups in total. The van der Waals surface area contributed by atoms with E-state index in [1.165, 1.54) is 0 Å². The van der Waals surface area contributed by atoms with E-state index in [2.05, 4.69) is 16.5 Å². The summed E-state index contributed by atoms with van der Waals surface area (Å²) in [7, 11) is 4.65. The van der Waals surface area contributed by atoms with E-state index in [-0.39, 0.29) is 5.91 Å². The lowest BCUT2D eigenvalue weighted by Crippen LogP contribution is -2.12. The number of carbonyl (C=O) groups is 1. The third-order valence-electron chi connectivity index (χ3n) is 4.76. The number of nitriles is 1. The van der Waals surface area contributed by atoms with Gasteiger partial charge in [-0.2, -0.15) is 10.4 Å². The molecule has 1 amide bonds. The Kier molecular flexibility index (Phi) is 7.13. The second-order valence-corrected chi connectivity index (χ2v) is 6.97. The molecule has 1 aromatic heterocycles. The molecule has 8 heteroatoms. The van der Waals surface area contributed by atoms with Gasteiger partial charge in [0.05, 0.1) is 51.4 Å². The van der Waals surface area contributed by atoms with Crippen LogP contribution in [-0.4, -0.2) is 37.0 Å². The lowest BCUT2D eigenvalue weighted by atomic mass is 10.1. The van der Waals surface area contributed by atoms with Crippen molar-refractivity contribution in [1.82, 2.24) is 9.78 Å². The zero-order valence-corrected chi connectivity index (χ0v) is 18.4. The van der Waals surface area contributed by atoms with E-state index < -0.39 is 0 Å². The van der Waals surface area contributed by atoms with Crippen LogP contribution in [0.15, 0.2) is 54.4 Å². The first-order valence-corrected chi connectivity index (χ1v) is 9.78. The van der Waals surface area contributed by atoms with Crippen molar-refractivity contribution < 1.29 is 19.0 Å². The molecule has 0 aliphatic heterocycles. The van der Waals surface area contributed by atoms with Crippen molar-refractivity contribution in [2.24, 2.45) is 0 Å². The molecule has 0 aliphatic rings. The van der Waals surface area contributed by atoms with Crippen LogP contribution in [0.1, 0.15) is 23.6 Å². The number of carbonyl (C=O) groups excluding carboxylic acids is 1. The Labute approximate surface area is 186 Å². The minimum atomic E-state index is -0.270. The normalized spacial score (nSPS) is 10.9. The van der Waals surface area contributed by atoms with E-state index >= 15 is 0 Å². The van der Waals surface area contributed by atoms with Crippen LogP contribution >= 0.6 is 0 Å². The molecule has 1 heterocycles. The third-order valence-corrected chi connectivity index (χ3v) is 4.76. The number of methoxy groups -OCH3 is 3. The molecule has 0 saturated carbocycles. The van der Waals surface area contributed by atoms with Crippen molar-refractivity contribution in [3.8, 4) is 23.3 Å². The summed E-state index contributed by atoms with van der Waals surface area (Å²) < 4.78 is 17.7. The number of ether oxygens (including phenoxy) is 3. The minimum absolute atomic E-state index is 0.270. The summed E-state index contributed by atoms with van der Waals surface area (Å²) in [5, 5.41) is 16.2. The lowest BCUT2D eigenvalue weighted by Gasteiger charge is -2.12. The molecule has 0 bridgehead atoms. The Morgan fingerprint density at radius 3 is 2.53 bits per heavy atom. The summed E-state index contributed by atoms with van der Waals surface area (Å²) in [6, 6.07) is 12.9. The molecule has 0 spiro atoms. The van der Waals surface area contributed by atoms with Crippen molar-refractivity contribution in [2.45, 2.75) is 13.5 Å². The molecule has 0 saturated heterocycles. The summed E-state index contributed by atoms with van der Waals surface area (Å²) in [4.78, 5) is 12.7. The Hall–Kier alpha value is -4.25. The molecular weight excluding hydrogens is 408 g/mol. The first-order chi connectivity index (χ1) is 15.5. The van der Waals surface area contributed by atoms with Crippen LogP contribution in [-0.2, 0) is 11.3 Å². The molecule has 0 radical (unpaired) electrons. The summed E-state index contributed by atoms with van der Waals surface area (Å²) >= 11 is 0. The molecule has 3 rings (SSSR count). The second-order valence-electron chi connectivity index (χ2n) is 6.97. The molecule has 8 nitrogen and oxygen atoms in total. The number of aromatic nitrogens is 2. The first kappa shape index (κ1) is 22.4. The smallest absolute Gasteiger partial charge is 0.251 e. The van der Waals surface area contributed by atoms with Gasteiger partial charge >= 0.3 is 0 Å². The van der Waals surface area contributed by atoms with Gasteiger partial charge in [-0.1, -0.05) is 12.1 Å². The average Bonchev–Trinajstić information content (AvgIpc) is 3.25. The van der Waals surface area contributed by atoms with Gasteiger partial charge in [0, 0.05) is 23.4 Å². The highest BCUT2D eigenvalue weighted by Crippen LogP contribution is 2.35. The molecule has 0 fully saturated rings. The fraction of sp³-hybridized carbons (Fsp3) is 0.208. The Morgan fingerprint density at radius 1 is 1.12 bits per heavy atom. The van der Waals surface area contributed by atoms with E-state index in [0.717, 1.165) is 5.56 Å². The standard InChI is InChI=1S/C24H24N4O4/c1-16(8-19-10-22(31-3)23(32-4)11-21(19)30-2)24(29)27-20-13-26-28(15-20)14-18-7-5-6-17(9-18)12-25/h5-11,13,15H,14H2,1-4H3,(H,27,29). The van der Waals surface area contributed by atoms with Gasteiger partial charge in [0.15, 0.2) is 11.5 Å². The van der Waals surface area contributed by atoms with Gasteiger partial charge in [0.25, 0.3) is 5.91 Å². The van der Waals surface area contributed by atoms with E-state index in [4.69, 9.17) is 19.5 Å². The summed E-state index contributed by atoms with van der Waals surface area (Å²) in [6.45, 7) is 2.20. The minimum Gasteiger partial charge on any atom is -0.496 e. The maximum Gasteiger partial charge on any atom is 0.251 e. The van der Waals surface area contributed by atoms with Crippen molar-refractivity contribution in [1.29, 1.82) is 5.26 Å². The van der Waals surface area contributed by atoms with Crippen molar-refractivity contribution in [3.05, 3.63) is 71.1 Å². The van der Waals surface area contributed by atoms with Gasteiger partial charge in [-0.25, -0.2) is 0 Å². The lowest BCUT2D eigenvalue weighted by molar-refractivity contribution is -0.112. The number of hydrogen-bond acceptors (Lipinski definition) is 6. The van der Waals surface area contributed by atoms with E-state index in [1.807, 2.05) is 18.2 Å². The molecule has 3 aromatic rings. The maximum atomic E-state index is 12.7. The quantitative estimate of drug-likeness (QED) is 0.543. The molecule has 2 aromatic carbocycles. The molecule has 32 heavy (non-hydrogen) atoms. The first-order valence-electron chi connectivity index (χ1n) is 9.78. The molecule has 0 unspecified atom stereocenters. The summed E-state index contributed by atoms with van der Waals surface area (Å²) in [5.74, 6) is 1.36. The highest BCUT2D eigenvalue weighted by Gasteiger charge is 2.13. The van der Waals surface area contributed by atoms with Crippen LogP contribution in [0.4, 0.5) is 5.69 Å². The Morgan fingerprint density at radius 2 is 1.84 bits per heavy atom. The third kappa shape index (κ3) is 5.26. The van der Waals surface area contributed by atoms with Crippen LogP contribution in [0.25, 0.3) is 6.08 Å². The fourth-order valence-corrected chi connectivity index (χ4v) is 3.13. The molecular formula is C24H24N4O4. The van der Waals surface area contributed by atoms with Gasteiger partial charge in [0.1, 0.15) is 5.75 Å². The van der Waals surface area contributed by atoms with Gasteiger partial charge in [-0.05, 0) is 36.8 Å². The topological polar surface area (TPSA) is 98.4 Å². The van der Waals surface area contributed by atoms with Gasteiger partial charge < -0.3 is 19.5 Å². The largest absolute Gasteiger partial charge is 0.496 e. The second kappa shape index (κ2) is 10.2. The number of anilines is 1. The van der Waals surface area contributed by atoms with Gasteiger partial charge in [-0.15, -0.1) is 0 Å². The van der Waals surface area contributed by atoms with Crippen LogP contribution in [0, 0.1) is 11.3 Å². The number of amides is 1. The van der Waals surface area contributed by atoms with Crippen LogP contribution in [0.2, 0.25) is 0 Å². The maximum absolute atomic E-state index is 12.7. The van der Waals surface area contributed by atoms with Crippen LogP contribution in [0.3, 0.4) is 0 Å². The molecule has 0 aliphatic carbocycles. The zero-order chi connectivity index (χ0) is 23.1. The highest BCUT2D eigenvalue weighted by molar-refractivity contribution is 6.06. The molecule has 164 valence electrons. The van der Waals surface area contributed by atoms with Gasteiger partial charge in [-0.3, -0.25) is 9.48 Å². The van der Waals surface area contributed by atoms with E-state index in [9.17, 15) is 4.79 Å². The van der Waals surface area contributed by atoms with Crippen LogP contribution < -0.4 is 19.5 Å². The number of benzene rings is 2. The summed E-state index contributed by atoms with van der Waals surface area (Å²) in [5.41, 5.74) is 3.27. The zero-order valence-electron chi connectivity index (χ0n) is 18.4. The van der Waals surface area contributed by atoms with Crippen molar-refractivity contribution >= 4 is 17.7 Å². The van der Waals surface area contributed by atoms with Crippen molar-refractivity contribution in [3.63, 3.8) is 0 Å². The summed E-state index contributed by atoms with van der Waals surface area (Å²) in [6.07, 6.45) is 5.03. The number of rotatable bonds is 8. The van der Waals surface area contributed by atoms with E-state index in [0.29, 0.717) is 46.2 Å². The Balaban J connectivity index is 1.73. The molecule has 0 atom stereocenters. The average molecular weight is 432 g/mol. The van der Waals surface area contributed by atoms with Gasteiger partial charge in [0.2, 0.25) is 0 Å².